The quantitative estimate of drug-likeness (QED) is 0.767. The predicted molar refractivity (Wildman–Crippen MR) is 66.3 cm³/mol. The molecule has 1 heterocycles. The first-order valence-electron chi connectivity index (χ1n) is 5.20. The van der Waals surface area contributed by atoms with Crippen LogP contribution in [0.5, 0.6) is 0 Å². The lowest BCUT2D eigenvalue weighted by Gasteiger charge is -2.16. The van der Waals surface area contributed by atoms with Gasteiger partial charge in [-0.3, -0.25) is 9.59 Å². The van der Waals surface area contributed by atoms with Crippen LogP contribution >= 0.6 is 11.3 Å². The number of hydrogen-bond donors (Lipinski definition) is 1. The van der Waals surface area contributed by atoms with Gasteiger partial charge in [-0.25, -0.2) is 0 Å². The third-order valence-corrected chi connectivity index (χ3v) is 3.18. The number of anilines is 1. The molecule has 0 radical (unpaired) electrons. The van der Waals surface area contributed by atoms with Gasteiger partial charge in [0.2, 0.25) is 5.91 Å². The van der Waals surface area contributed by atoms with Crippen LogP contribution in [0.25, 0.3) is 0 Å². The van der Waals surface area contributed by atoms with Gasteiger partial charge in [0, 0.05) is 13.6 Å². The van der Waals surface area contributed by atoms with Crippen LogP contribution in [0.4, 0.5) is 5.00 Å². The molecule has 16 heavy (non-hydrogen) atoms. The van der Waals surface area contributed by atoms with Crippen LogP contribution < -0.4 is 10.2 Å². The van der Waals surface area contributed by atoms with E-state index in [1.54, 1.807) is 6.07 Å². The molecule has 1 rings (SSSR count). The Morgan fingerprint density at radius 3 is 2.88 bits per heavy atom. The number of carbonyl (C=O) groups is 2. The van der Waals surface area contributed by atoms with E-state index in [4.69, 9.17) is 0 Å². The van der Waals surface area contributed by atoms with E-state index in [1.165, 1.54) is 11.3 Å². The number of nitrogens with one attached hydrogen (secondary N) is 1. The van der Waals surface area contributed by atoms with Gasteiger partial charge in [0.1, 0.15) is 0 Å². The molecule has 88 valence electrons. The van der Waals surface area contributed by atoms with Crippen molar-refractivity contribution in [1.82, 2.24) is 5.32 Å². The maximum Gasteiger partial charge on any atom is 0.239 e. The SMILES string of the molecule is CCCNC(=O)CN(C)c1ccc(C=O)s1. The summed E-state index contributed by atoms with van der Waals surface area (Å²) < 4.78 is 0. The van der Waals surface area contributed by atoms with Crippen molar-refractivity contribution in [2.45, 2.75) is 13.3 Å². The van der Waals surface area contributed by atoms with Crippen molar-refractivity contribution < 1.29 is 9.59 Å². The second-order valence-corrected chi connectivity index (χ2v) is 4.59. The van der Waals surface area contributed by atoms with Gasteiger partial charge in [-0.1, -0.05) is 6.92 Å². The number of thiophene rings is 1. The molecular weight excluding hydrogens is 224 g/mol. The minimum Gasteiger partial charge on any atom is -0.357 e. The standard InChI is InChI=1S/C11H16N2O2S/c1-3-6-12-10(15)7-13(2)11-5-4-9(8-14)16-11/h4-5,8H,3,6-7H2,1-2H3,(H,12,15). The Balaban J connectivity index is 2.48. The van der Waals surface area contributed by atoms with Gasteiger partial charge in [0.25, 0.3) is 0 Å². The summed E-state index contributed by atoms with van der Waals surface area (Å²) in [6, 6.07) is 3.61. The van der Waals surface area contributed by atoms with Crippen molar-refractivity contribution in [3.05, 3.63) is 17.0 Å². The van der Waals surface area contributed by atoms with Crippen LogP contribution in [-0.2, 0) is 4.79 Å². The van der Waals surface area contributed by atoms with Crippen LogP contribution in [0, 0.1) is 0 Å². The zero-order valence-corrected chi connectivity index (χ0v) is 10.3. The molecule has 0 fully saturated rings. The van der Waals surface area contributed by atoms with E-state index < -0.39 is 0 Å². The molecule has 0 bridgehead atoms. The Kier molecular flexibility index (Phi) is 4.98. The summed E-state index contributed by atoms with van der Waals surface area (Å²) in [5.41, 5.74) is 0. The average molecular weight is 240 g/mol. The fourth-order valence-electron chi connectivity index (χ4n) is 1.22. The normalized spacial score (nSPS) is 9.88. The van der Waals surface area contributed by atoms with Crippen LogP contribution in [0.3, 0.4) is 0 Å². The van der Waals surface area contributed by atoms with E-state index >= 15 is 0 Å². The number of aldehydes is 1. The number of amides is 1. The first kappa shape index (κ1) is 12.7. The van der Waals surface area contributed by atoms with Crippen LogP contribution in [0.2, 0.25) is 0 Å². The Bertz CT molecular complexity index is 363. The number of rotatable bonds is 6. The lowest BCUT2D eigenvalue weighted by Crippen LogP contribution is -2.35. The molecule has 5 heteroatoms. The van der Waals surface area contributed by atoms with Gasteiger partial charge >= 0.3 is 0 Å². The van der Waals surface area contributed by atoms with Crippen molar-refractivity contribution in [2.75, 3.05) is 25.0 Å². The molecule has 1 aromatic heterocycles. The van der Waals surface area contributed by atoms with Crippen molar-refractivity contribution >= 4 is 28.5 Å². The molecule has 0 aromatic carbocycles. The third kappa shape index (κ3) is 3.66. The molecule has 0 aliphatic rings. The molecule has 1 amide bonds. The molecule has 0 saturated heterocycles. The van der Waals surface area contributed by atoms with Gasteiger partial charge in [0.05, 0.1) is 16.4 Å². The smallest absolute Gasteiger partial charge is 0.239 e. The Hall–Kier alpha value is -1.36. The zero-order chi connectivity index (χ0) is 12.0. The van der Waals surface area contributed by atoms with Crippen molar-refractivity contribution in [1.29, 1.82) is 0 Å². The molecule has 0 spiro atoms. The van der Waals surface area contributed by atoms with Gasteiger partial charge < -0.3 is 10.2 Å². The first-order valence-corrected chi connectivity index (χ1v) is 6.02. The summed E-state index contributed by atoms with van der Waals surface area (Å²) in [6.07, 6.45) is 1.75. The number of hydrogen-bond acceptors (Lipinski definition) is 4. The van der Waals surface area contributed by atoms with Gasteiger partial charge in [-0.15, -0.1) is 11.3 Å². The summed E-state index contributed by atoms with van der Waals surface area (Å²) in [5.74, 6) is 0.00500. The Labute approximate surface area is 99.3 Å². The fraction of sp³-hybridized carbons (Fsp3) is 0.455. The highest BCUT2D eigenvalue weighted by atomic mass is 32.1. The average Bonchev–Trinajstić information content (AvgIpc) is 2.74. The van der Waals surface area contributed by atoms with E-state index in [9.17, 15) is 9.59 Å². The minimum atomic E-state index is 0.00500. The Morgan fingerprint density at radius 1 is 1.56 bits per heavy atom. The summed E-state index contributed by atoms with van der Waals surface area (Å²) >= 11 is 1.38. The highest BCUT2D eigenvalue weighted by Gasteiger charge is 2.08. The van der Waals surface area contributed by atoms with E-state index in [-0.39, 0.29) is 5.91 Å². The number of nitrogens with zero attached hydrogens (tertiary/aromatic N) is 1. The van der Waals surface area contributed by atoms with Crippen LogP contribution in [0.15, 0.2) is 12.1 Å². The van der Waals surface area contributed by atoms with E-state index in [1.807, 2.05) is 24.9 Å². The lowest BCUT2D eigenvalue weighted by atomic mass is 10.4. The number of likely N-dealkylation sites (N-methyl/N-ethyl adjacent to an activating group) is 1. The fourth-order valence-corrected chi connectivity index (χ4v) is 2.01. The lowest BCUT2D eigenvalue weighted by molar-refractivity contribution is -0.119. The highest BCUT2D eigenvalue weighted by Crippen LogP contribution is 2.23. The molecule has 0 saturated carbocycles. The summed E-state index contributed by atoms with van der Waals surface area (Å²) in [4.78, 5) is 24.5. The molecule has 0 aliphatic carbocycles. The molecule has 0 aliphatic heterocycles. The topological polar surface area (TPSA) is 49.4 Å². The monoisotopic (exact) mass is 240 g/mol. The Morgan fingerprint density at radius 2 is 2.31 bits per heavy atom. The largest absolute Gasteiger partial charge is 0.357 e. The zero-order valence-electron chi connectivity index (χ0n) is 9.53. The van der Waals surface area contributed by atoms with Gasteiger partial charge in [-0.05, 0) is 18.6 Å². The van der Waals surface area contributed by atoms with Gasteiger partial charge in [0.15, 0.2) is 6.29 Å². The molecule has 1 N–H and O–H groups in total. The van der Waals surface area contributed by atoms with Gasteiger partial charge in [-0.2, -0.15) is 0 Å². The third-order valence-electron chi connectivity index (χ3n) is 2.06. The van der Waals surface area contributed by atoms with E-state index in [0.717, 1.165) is 17.7 Å². The summed E-state index contributed by atoms with van der Waals surface area (Å²) in [6.45, 7) is 3.04. The molecular formula is C11H16N2O2S. The van der Waals surface area contributed by atoms with Crippen molar-refractivity contribution in [3.63, 3.8) is 0 Å². The van der Waals surface area contributed by atoms with Crippen molar-refractivity contribution in [2.24, 2.45) is 0 Å². The highest BCUT2D eigenvalue weighted by molar-refractivity contribution is 7.17. The second-order valence-electron chi connectivity index (χ2n) is 3.50. The minimum absolute atomic E-state index is 0.00500. The second kappa shape index (κ2) is 6.27. The molecule has 0 unspecified atom stereocenters. The molecule has 0 atom stereocenters. The molecule has 4 nitrogen and oxygen atoms in total. The van der Waals surface area contributed by atoms with E-state index in [2.05, 4.69) is 5.32 Å². The van der Waals surface area contributed by atoms with E-state index in [0.29, 0.717) is 18.0 Å². The van der Waals surface area contributed by atoms with Crippen LogP contribution in [-0.4, -0.2) is 32.3 Å². The molecule has 1 aromatic rings. The summed E-state index contributed by atoms with van der Waals surface area (Å²) in [5, 5.41) is 3.73. The maximum atomic E-state index is 11.4. The summed E-state index contributed by atoms with van der Waals surface area (Å²) in [7, 11) is 1.84. The number of carbonyl (C=O) groups excluding carboxylic acids is 2. The van der Waals surface area contributed by atoms with Crippen molar-refractivity contribution in [3.8, 4) is 0 Å². The maximum absolute atomic E-state index is 11.4. The van der Waals surface area contributed by atoms with Crippen LogP contribution in [0.1, 0.15) is 23.0 Å². The predicted octanol–water partition coefficient (Wildman–Crippen LogP) is 1.52. The first-order chi connectivity index (χ1) is 7.67.